The van der Waals surface area contributed by atoms with Gasteiger partial charge in [-0.1, -0.05) is 0 Å². The van der Waals surface area contributed by atoms with Crippen molar-refractivity contribution in [3.63, 3.8) is 0 Å². The van der Waals surface area contributed by atoms with Crippen LogP contribution in [0.3, 0.4) is 0 Å². The van der Waals surface area contributed by atoms with Crippen molar-refractivity contribution in [3.05, 3.63) is 0 Å². The Morgan fingerprint density at radius 2 is 1.86 bits per heavy atom. The van der Waals surface area contributed by atoms with E-state index in [-0.39, 0.29) is 6.10 Å². The molecule has 7 heavy (non-hydrogen) atoms. The molecule has 0 bridgehead atoms. The summed E-state index contributed by atoms with van der Waals surface area (Å²) >= 11 is 0. The molecule has 0 fully saturated rings. The van der Waals surface area contributed by atoms with Crippen LogP contribution in [0.5, 0.6) is 0 Å². The van der Waals surface area contributed by atoms with Gasteiger partial charge in [0.2, 0.25) is 0 Å². The highest BCUT2D eigenvalue weighted by Crippen LogP contribution is 1.81. The maximum absolute atomic E-state index is 5.12. The van der Waals surface area contributed by atoms with Crippen LogP contribution in [0.1, 0.15) is 6.92 Å². The lowest BCUT2D eigenvalue weighted by Crippen LogP contribution is -2.43. The topological polar surface area (TPSA) is 87.3 Å². The molecular weight excluding hydrogens is 94.1 g/mol. The Kier molecular flexibility index (Phi) is 2.86. The Morgan fingerprint density at radius 3 is 1.86 bits per heavy atom. The van der Waals surface area contributed by atoms with Crippen LogP contribution in [0.4, 0.5) is 0 Å². The zero-order valence-corrected chi connectivity index (χ0v) is 4.29. The molecule has 4 nitrogen and oxygen atoms in total. The van der Waals surface area contributed by atoms with Crippen molar-refractivity contribution in [3.8, 4) is 0 Å². The molecule has 0 saturated carbocycles. The summed E-state index contributed by atoms with van der Waals surface area (Å²) in [5.74, 6) is 4.71. The highest BCUT2D eigenvalue weighted by atomic mass is 16.6. The average molecular weight is 105 g/mol. The summed E-state index contributed by atoms with van der Waals surface area (Å²) in [6.07, 6.45) is -0.745. The van der Waals surface area contributed by atoms with E-state index in [0.29, 0.717) is 0 Å². The summed E-state index contributed by atoms with van der Waals surface area (Å²) in [4.78, 5) is 4.26. The Labute approximate surface area is 42.6 Å². The number of rotatable bonds is 2. The third kappa shape index (κ3) is 2.52. The second-order valence-electron chi connectivity index (χ2n) is 1.42. The highest BCUT2D eigenvalue weighted by Gasteiger charge is 2.03. The van der Waals surface area contributed by atoms with Crippen molar-refractivity contribution in [1.29, 1.82) is 0 Å². The van der Waals surface area contributed by atoms with Gasteiger partial charge in [0.1, 0.15) is 6.10 Å². The van der Waals surface area contributed by atoms with E-state index in [1.807, 2.05) is 0 Å². The van der Waals surface area contributed by atoms with Crippen LogP contribution in [0, 0.1) is 0 Å². The van der Waals surface area contributed by atoms with Crippen molar-refractivity contribution in [1.82, 2.24) is 0 Å². The fourth-order valence-corrected chi connectivity index (χ4v) is 0.0907. The van der Waals surface area contributed by atoms with E-state index in [2.05, 4.69) is 4.84 Å². The molecule has 1 atom stereocenters. The zero-order chi connectivity index (χ0) is 5.86. The summed E-state index contributed by atoms with van der Waals surface area (Å²) < 4.78 is 0. The first-order chi connectivity index (χ1) is 3.18. The van der Waals surface area contributed by atoms with Gasteiger partial charge in [0.25, 0.3) is 0 Å². The molecule has 1 unspecified atom stereocenters. The van der Waals surface area contributed by atoms with Crippen LogP contribution in [0.25, 0.3) is 0 Å². The van der Waals surface area contributed by atoms with Crippen LogP contribution >= 0.6 is 0 Å². The van der Waals surface area contributed by atoms with Gasteiger partial charge in [-0.3, -0.25) is 4.84 Å². The first-order valence-electron chi connectivity index (χ1n) is 2.05. The van der Waals surface area contributed by atoms with E-state index in [1.54, 1.807) is 6.92 Å². The number of nitrogens with two attached hydrogens (primary N) is 3. The largest absolute Gasteiger partial charge is 0.314 e. The lowest BCUT2D eigenvalue weighted by Gasteiger charge is -2.10. The minimum absolute atomic E-state index is 0.264. The third-order valence-corrected chi connectivity index (χ3v) is 0.757. The van der Waals surface area contributed by atoms with Gasteiger partial charge in [-0.2, -0.15) is 0 Å². The average Bonchev–Trinajstić information content (AvgIpc) is 1.65. The van der Waals surface area contributed by atoms with Gasteiger partial charge < -0.3 is 11.5 Å². The Hall–Kier alpha value is -0.160. The Morgan fingerprint density at radius 1 is 1.43 bits per heavy atom. The molecule has 0 aromatic carbocycles. The van der Waals surface area contributed by atoms with Crippen LogP contribution < -0.4 is 17.4 Å². The van der Waals surface area contributed by atoms with Crippen molar-refractivity contribution in [2.24, 2.45) is 17.4 Å². The molecular formula is C3H11N3O. The highest BCUT2D eigenvalue weighted by molar-refractivity contribution is 4.57. The van der Waals surface area contributed by atoms with Crippen molar-refractivity contribution < 1.29 is 4.84 Å². The van der Waals surface area contributed by atoms with E-state index < -0.39 is 6.17 Å². The molecule has 6 N–H and O–H groups in total. The molecule has 0 rings (SSSR count). The summed E-state index contributed by atoms with van der Waals surface area (Å²) in [6.45, 7) is 1.70. The predicted molar refractivity (Wildman–Crippen MR) is 26.9 cm³/mol. The van der Waals surface area contributed by atoms with Gasteiger partial charge in [0, 0.05) is 0 Å². The second kappa shape index (κ2) is 2.92. The fraction of sp³-hybridized carbons (Fsp3) is 1.00. The molecule has 0 heterocycles. The van der Waals surface area contributed by atoms with Crippen molar-refractivity contribution in [2.75, 3.05) is 0 Å². The van der Waals surface area contributed by atoms with E-state index in [0.717, 1.165) is 0 Å². The second-order valence-corrected chi connectivity index (χ2v) is 1.42. The zero-order valence-electron chi connectivity index (χ0n) is 4.29. The molecule has 0 aromatic heterocycles. The van der Waals surface area contributed by atoms with E-state index in [4.69, 9.17) is 17.4 Å². The first-order valence-corrected chi connectivity index (χ1v) is 2.05. The molecule has 0 aliphatic rings. The summed E-state index contributed by atoms with van der Waals surface area (Å²) in [5.41, 5.74) is 10.2. The van der Waals surface area contributed by atoms with Gasteiger partial charge in [-0.25, -0.2) is 5.90 Å². The van der Waals surface area contributed by atoms with E-state index in [1.165, 1.54) is 0 Å². The monoisotopic (exact) mass is 105 g/mol. The minimum atomic E-state index is -0.481. The first kappa shape index (κ1) is 6.84. The van der Waals surface area contributed by atoms with Crippen LogP contribution in [0.15, 0.2) is 0 Å². The van der Waals surface area contributed by atoms with E-state index in [9.17, 15) is 0 Å². The normalized spacial score (nSPS) is 15.0. The SMILES string of the molecule is CC(ON)C(N)N. The van der Waals surface area contributed by atoms with Crippen LogP contribution in [-0.4, -0.2) is 12.3 Å². The molecule has 0 saturated heterocycles. The van der Waals surface area contributed by atoms with E-state index >= 15 is 0 Å². The molecule has 0 radical (unpaired) electrons. The minimum Gasteiger partial charge on any atom is -0.314 e. The van der Waals surface area contributed by atoms with Gasteiger partial charge >= 0.3 is 0 Å². The third-order valence-electron chi connectivity index (χ3n) is 0.757. The van der Waals surface area contributed by atoms with Gasteiger partial charge in [0.15, 0.2) is 0 Å². The smallest absolute Gasteiger partial charge is 0.104 e. The summed E-state index contributed by atoms with van der Waals surface area (Å²) in [5, 5.41) is 0. The standard InChI is InChI=1S/C3H11N3O/c1-2(7-6)3(4)5/h2-3H,4-6H2,1H3. The molecule has 0 amide bonds. The van der Waals surface area contributed by atoms with Gasteiger partial charge in [0.05, 0.1) is 6.17 Å². The quantitative estimate of drug-likeness (QED) is 0.295. The lowest BCUT2D eigenvalue weighted by molar-refractivity contribution is 0.0497. The van der Waals surface area contributed by atoms with Gasteiger partial charge in [-0.05, 0) is 6.92 Å². The summed E-state index contributed by atoms with van der Waals surface area (Å²) in [7, 11) is 0. The van der Waals surface area contributed by atoms with Crippen molar-refractivity contribution in [2.45, 2.75) is 19.2 Å². The summed E-state index contributed by atoms with van der Waals surface area (Å²) in [6, 6.07) is 0. The Balaban J connectivity index is 3.14. The number of hydrogen-bond donors (Lipinski definition) is 3. The molecule has 0 aliphatic heterocycles. The van der Waals surface area contributed by atoms with Gasteiger partial charge in [-0.15, -0.1) is 0 Å². The molecule has 4 heteroatoms. The molecule has 0 aromatic rings. The lowest BCUT2D eigenvalue weighted by atomic mass is 10.3. The molecule has 0 aliphatic carbocycles. The number of hydrogen-bond acceptors (Lipinski definition) is 4. The Bertz CT molecular complexity index is 47.4. The molecule has 44 valence electrons. The van der Waals surface area contributed by atoms with Crippen molar-refractivity contribution >= 4 is 0 Å². The maximum atomic E-state index is 5.12. The molecule has 0 spiro atoms. The van der Waals surface area contributed by atoms with Crippen LogP contribution in [0.2, 0.25) is 0 Å². The maximum Gasteiger partial charge on any atom is 0.104 e. The van der Waals surface area contributed by atoms with Crippen LogP contribution in [-0.2, 0) is 4.84 Å². The fourth-order valence-electron chi connectivity index (χ4n) is 0.0907. The predicted octanol–water partition coefficient (Wildman–Crippen LogP) is -1.49.